The van der Waals surface area contributed by atoms with Crippen molar-refractivity contribution in [2.45, 2.75) is 110 Å². The first-order valence-electron chi connectivity index (χ1n) is 23.1. The van der Waals surface area contributed by atoms with E-state index in [4.69, 9.17) is 19.4 Å². The minimum Gasteiger partial charge on any atom is -0.464 e. The van der Waals surface area contributed by atoms with Crippen LogP contribution in [-0.2, 0) is 48.0 Å². The number of urea groups is 1. The smallest absolute Gasteiger partial charge is 0.324 e. The number of cyclic esters (lactones) is 1. The van der Waals surface area contributed by atoms with Crippen molar-refractivity contribution in [1.82, 2.24) is 50.3 Å². The number of hydrazine groups is 1. The monoisotopic (exact) mass is 924 g/mol. The number of fused-ring (bicyclic) bond motifs is 6. The molecule has 4 aliphatic heterocycles. The number of nitrogens with zero attached hydrogens (tertiary/aromatic N) is 7. The summed E-state index contributed by atoms with van der Waals surface area (Å²) in [4.78, 5) is 84.1. The second-order valence-electron chi connectivity index (χ2n) is 19.3. The Bertz CT molecular complexity index is 2490. The molecule has 66 heavy (non-hydrogen) atoms. The molecule has 7 heterocycles. The highest BCUT2D eigenvalue weighted by atomic mass is 32.1. The fourth-order valence-electron chi connectivity index (χ4n) is 9.60. The topological polar surface area (TPSA) is 193 Å². The molecule has 3 saturated heterocycles. The molecule has 0 saturated carbocycles. The lowest BCUT2D eigenvalue weighted by Crippen LogP contribution is -2.65. The van der Waals surface area contributed by atoms with Gasteiger partial charge in [0, 0.05) is 99.4 Å². The molecule has 5 amide bonds. The number of benzene rings is 1. The second kappa shape index (κ2) is 19.1. The zero-order chi connectivity index (χ0) is 47.2. The number of esters is 1. The van der Waals surface area contributed by atoms with Gasteiger partial charge in [0.2, 0.25) is 11.8 Å². The van der Waals surface area contributed by atoms with Gasteiger partial charge in [0.15, 0.2) is 0 Å². The molecule has 3 aromatic heterocycles. The van der Waals surface area contributed by atoms with E-state index in [1.807, 2.05) is 32.2 Å². The van der Waals surface area contributed by atoms with Gasteiger partial charge < -0.3 is 39.4 Å². The number of carbonyl (C=O) groups excluding carboxylic acids is 5. The van der Waals surface area contributed by atoms with Crippen LogP contribution < -0.4 is 16.1 Å². The lowest BCUT2D eigenvalue weighted by atomic mass is 9.84. The Morgan fingerprint density at radius 2 is 1.88 bits per heavy atom. The summed E-state index contributed by atoms with van der Waals surface area (Å²) >= 11 is 1.41. The third kappa shape index (κ3) is 9.42. The molecule has 1 unspecified atom stereocenters. The van der Waals surface area contributed by atoms with Gasteiger partial charge in [0.1, 0.15) is 18.1 Å². The predicted octanol–water partition coefficient (Wildman–Crippen LogP) is 4.39. The molecule has 17 nitrogen and oxygen atoms in total. The molecule has 3 fully saturated rings. The number of carbonyl (C=O) groups is 5. The number of aromatic nitrogens is 3. The first kappa shape index (κ1) is 47.1. The largest absolute Gasteiger partial charge is 0.464 e. The van der Waals surface area contributed by atoms with Crippen LogP contribution in [0.4, 0.5) is 4.79 Å². The third-order valence-electron chi connectivity index (χ3n) is 13.5. The Kier molecular flexibility index (Phi) is 13.6. The average molecular weight is 925 g/mol. The number of amides is 5. The van der Waals surface area contributed by atoms with E-state index in [1.54, 1.807) is 37.2 Å². The fourth-order valence-corrected chi connectivity index (χ4v) is 10.5. The Labute approximate surface area is 390 Å². The van der Waals surface area contributed by atoms with Gasteiger partial charge in [-0.2, -0.15) is 0 Å². The summed E-state index contributed by atoms with van der Waals surface area (Å²) in [5, 5.41) is 11.1. The molecule has 8 rings (SSSR count). The molecule has 4 aromatic rings. The van der Waals surface area contributed by atoms with Crippen molar-refractivity contribution in [3.8, 4) is 22.5 Å². The maximum Gasteiger partial charge on any atom is 0.324 e. The first-order chi connectivity index (χ1) is 31.5. The van der Waals surface area contributed by atoms with Gasteiger partial charge >= 0.3 is 12.0 Å². The second-order valence-corrected chi connectivity index (χ2v) is 20.3. The number of aryl methyl sites for hydroxylation is 1. The summed E-state index contributed by atoms with van der Waals surface area (Å²) < 4.78 is 14.2. The molecule has 0 radical (unpaired) electrons. The molecule has 1 aromatic carbocycles. The van der Waals surface area contributed by atoms with Crippen molar-refractivity contribution in [3.63, 3.8) is 0 Å². The maximum absolute atomic E-state index is 14.6. The number of ether oxygens (including phenoxy) is 2. The van der Waals surface area contributed by atoms with E-state index in [2.05, 4.69) is 65.7 Å². The zero-order valence-electron chi connectivity index (χ0n) is 39.6. The zero-order valence-corrected chi connectivity index (χ0v) is 40.4. The van der Waals surface area contributed by atoms with E-state index < -0.39 is 41.3 Å². The number of methoxy groups -OCH3 is 1. The van der Waals surface area contributed by atoms with Gasteiger partial charge in [-0.3, -0.25) is 29.2 Å². The summed E-state index contributed by atoms with van der Waals surface area (Å²) in [5.41, 5.74) is 9.27. The minimum absolute atomic E-state index is 0.0384. The van der Waals surface area contributed by atoms with Crippen LogP contribution in [0.25, 0.3) is 33.4 Å². The van der Waals surface area contributed by atoms with E-state index in [1.165, 1.54) is 21.2 Å². The van der Waals surface area contributed by atoms with Crippen LogP contribution in [0.15, 0.2) is 41.9 Å². The van der Waals surface area contributed by atoms with E-state index >= 15 is 0 Å². The van der Waals surface area contributed by atoms with Crippen molar-refractivity contribution in [1.29, 1.82) is 0 Å². The number of thiazole rings is 1. The van der Waals surface area contributed by atoms with Crippen LogP contribution in [0.1, 0.15) is 76.8 Å². The van der Waals surface area contributed by atoms with E-state index in [0.717, 1.165) is 44.7 Å². The van der Waals surface area contributed by atoms with Crippen molar-refractivity contribution >= 4 is 52.0 Å². The standard InChI is InChI=1S/C48H64N10O7S/c1-10-57-38-16-15-29-19-32(38)33(42(57)31-13-11-17-49-40(31)28(4)64-9)21-48(5,6)26-65-46(62)34-14-12-18-58(53-34)45(61)35(20-39-51-37(29)25-66-39)52-43(59)41(27(2)3)55(8)47(63)54(7)30-23-56(24-30)44(60)36-22-50-36/h11,13,15-17,19,25,27-28,30,34-36,41,50,53H,10,12,14,18,20-24,26H2,1-9H3,(H,52,59)/t28-,34-,35-,36+,41?/m0/s1. The van der Waals surface area contributed by atoms with Crippen molar-refractivity contribution in [2.75, 3.05) is 54.0 Å². The van der Waals surface area contributed by atoms with Crippen LogP contribution in [-0.4, -0.2) is 148 Å². The summed E-state index contributed by atoms with van der Waals surface area (Å²) in [6, 6.07) is 6.93. The van der Waals surface area contributed by atoms with E-state index in [-0.39, 0.29) is 49.1 Å². The molecule has 6 bridgehead atoms. The molecule has 354 valence electrons. The third-order valence-corrected chi connectivity index (χ3v) is 14.4. The van der Waals surface area contributed by atoms with Gasteiger partial charge in [-0.25, -0.2) is 15.2 Å². The predicted molar refractivity (Wildman–Crippen MR) is 251 cm³/mol. The van der Waals surface area contributed by atoms with Crippen LogP contribution in [0.5, 0.6) is 0 Å². The lowest BCUT2D eigenvalue weighted by Gasteiger charge is -2.45. The number of pyridine rings is 1. The number of likely N-dealkylation sites (N-methyl/N-ethyl adjacent to an activating group) is 2. The highest BCUT2D eigenvalue weighted by Crippen LogP contribution is 2.42. The Morgan fingerprint density at radius 1 is 1.12 bits per heavy atom. The van der Waals surface area contributed by atoms with E-state index in [9.17, 15) is 24.0 Å². The molecule has 5 atom stereocenters. The average Bonchev–Trinajstić information content (AvgIpc) is 3.97. The Balaban J connectivity index is 1.13. The quantitative estimate of drug-likeness (QED) is 0.151. The SMILES string of the molecule is CCn1c(-c2cccnc2[C@H](C)OC)c2c3cc(ccc31)-c1csc(n1)C[C@H](NC(=O)C(C(C)C)N(C)C(=O)N(C)C1CN(C(=O)[C@H]3CN3)C1)C(=O)N1CCC[C@H](N1)C(=O)OCC(C)(C)C2. The van der Waals surface area contributed by atoms with Gasteiger partial charge in [0.25, 0.3) is 5.91 Å². The number of rotatable bonds is 10. The highest BCUT2D eigenvalue weighted by Gasteiger charge is 2.44. The molecular weight excluding hydrogens is 861 g/mol. The Hall–Kier alpha value is -5.43. The molecular formula is C48H64N10O7S. The summed E-state index contributed by atoms with van der Waals surface area (Å²) in [7, 11) is 4.97. The Morgan fingerprint density at radius 3 is 2.58 bits per heavy atom. The first-order valence-corrected chi connectivity index (χ1v) is 24.0. The number of nitrogens with one attached hydrogen (secondary N) is 3. The van der Waals surface area contributed by atoms with Crippen molar-refractivity contribution in [3.05, 3.63) is 58.2 Å². The minimum atomic E-state index is -1.08. The van der Waals surface area contributed by atoms with Gasteiger partial charge in [0.05, 0.1) is 46.9 Å². The van der Waals surface area contributed by atoms with Crippen molar-refractivity contribution < 1.29 is 33.4 Å². The van der Waals surface area contributed by atoms with Gasteiger partial charge in [-0.1, -0.05) is 33.8 Å². The van der Waals surface area contributed by atoms with Crippen LogP contribution in [0.3, 0.4) is 0 Å². The van der Waals surface area contributed by atoms with Crippen molar-refractivity contribution in [2.24, 2.45) is 11.3 Å². The molecule has 4 aliphatic rings. The van der Waals surface area contributed by atoms with Gasteiger partial charge in [-0.05, 0) is 68.9 Å². The molecule has 0 aliphatic carbocycles. The molecule has 18 heteroatoms. The fraction of sp³-hybridized carbons (Fsp3) is 0.562. The lowest BCUT2D eigenvalue weighted by molar-refractivity contribution is -0.155. The number of likely N-dealkylation sites (tertiary alicyclic amines) is 1. The van der Waals surface area contributed by atoms with Gasteiger partial charge in [-0.15, -0.1) is 11.3 Å². The molecule has 3 N–H and O–H groups in total. The molecule has 0 spiro atoms. The summed E-state index contributed by atoms with van der Waals surface area (Å²) in [5.74, 6) is -1.65. The summed E-state index contributed by atoms with van der Waals surface area (Å²) in [6.45, 7) is 14.7. The van der Waals surface area contributed by atoms with Crippen LogP contribution in [0.2, 0.25) is 0 Å². The van der Waals surface area contributed by atoms with Crippen LogP contribution in [0, 0.1) is 11.3 Å². The summed E-state index contributed by atoms with van der Waals surface area (Å²) in [6.07, 6.45) is 3.19. The van der Waals surface area contributed by atoms with E-state index in [0.29, 0.717) is 57.0 Å². The van der Waals surface area contributed by atoms with Crippen LogP contribution >= 0.6 is 11.3 Å². The normalized spacial score (nSPS) is 22.0. The maximum atomic E-state index is 14.6. The number of hydrogen-bond donors (Lipinski definition) is 3. The highest BCUT2D eigenvalue weighted by molar-refractivity contribution is 7.10. The number of hydrogen-bond acceptors (Lipinski definition) is 12.